The molecule has 0 bridgehead atoms. The maximum Gasteiger partial charge on any atom is 0.308 e. The van der Waals surface area contributed by atoms with Gasteiger partial charge in [0, 0.05) is 5.88 Å². The molecule has 0 amide bonds. The van der Waals surface area contributed by atoms with E-state index in [0.717, 1.165) is 12.8 Å². The fourth-order valence-electron chi connectivity index (χ4n) is 0.636. The monoisotopic (exact) mass is 194 g/mol. The topological polar surface area (TPSA) is 46.5 Å². The number of unbranched alkanes of at least 4 members (excludes halogenated alkanes) is 1. The molecule has 72 valence electrons. The van der Waals surface area contributed by atoms with Gasteiger partial charge in [0.2, 0.25) is 0 Å². The fourth-order valence-corrected chi connectivity index (χ4v) is 0.745. The molecule has 0 unspecified atom stereocenters. The van der Waals surface area contributed by atoms with Gasteiger partial charge in [0.1, 0.15) is 0 Å². The summed E-state index contributed by atoms with van der Waals surface area (Å²) in [5.41, 5.74) is 0. The summed E-state index contributed by atoms with van der Waals surface area (Å²) in [5, 5.41) is 8.95. The summed E-state index contributed by atoms with van der Waals surface area (Å²) in [4.78, 5) is 10.8. The van der Waals surface area contributed by atoms with Crippen LogP contribution >= 0.6 is 11.6 Å². The van der Waals surface area contributed by atoms with Gasteiger partial charge in [-0.2, -0.15) is 0 Å². The first-order chi connectivity index (χ1) is 5.70. The van der Waals surface area contributed by atoms with Crippen LogP contribution in [0.2, 0.25) is 0 Å². The average Bonchev–Trinajstić information content (AvgIpc) is 2.05. The lowest BCUT2D eigenvalue weighted by Crippen LogP contribution is -2.17. The van der Waals surface area contributed by atoms with Crippen LogP contribution in [-0.4, -0.2) is 29.7 Å². The van der Waals surface area contributed by atoms with Gasteiger partial charge in [-0.25, -0.2) is 0 Å². The highest BCUT2D eigenvalue weighted by Crippen LogP contribution is 1.98. The highest BCUT2D eigenvalue weighted by atomic mass is 35.5. The zero-order valence-corrected chi connectivity index (χ0v) is 8.01. The Morgan fingerprint density at radius 3 is 2.83 bits per heavy atom. The predicted molar refractivity (Wildman–Crippen MR) is 47.2 cm³/mol. The van der Waals surface area contributed by atoms with E-state index in [9.17, 15) is 4.79 Å². The Morgan fingerprint density at radius 1 is 1.67 bits per heavy atom. The third-order valence-electron chi connectivity index (χ3n) is 1.34. The van der Waals surface area contributed by atoms with Crippen LogP contribution in [-0.2, 0) is 9.53 Å². The molecular formula is C8H15ClO3. The number of aliphatic hydroxyl groups is 1. The van der Waals surface area contributed by atoms with E-state index in [2.05, 4.69) is 0 Å². The van der Waals surface area contributed by atoms with Crippen LogP contribution < -0.4 is 0 Å². The number of ether oxygens (including phenoxy) is 1. The molecule has 12 heavy (non-hydrogen) atoms. The number of halogens is 1. The third-order valence-corrected chi connectivity index (χ3v) is 1.70. The van der Waals surface area contributed by atoms with Crippen molar-refractivity contribution in [3.63, 3.8) is 0 Å². The molecule has 0 saturated heterocycles. The minimum Gasteiger partial charge on any atom is -0.466 e. The van der Waals surface area contributed by atoms with Gasteiger partial charge in [0.15, 0.2) is 0 Å². The Balaban J connectivity index is 3.33. The van der Waals surface area contributed by atoms with Gasteiger partial charge in [-0.15, -0.1) is 11.6 Å². The molecule has 0 spiro atoms. The van der Waals surface area contributed by atoms with Crippen molar-refractivity contribution in [3.8, 4) is 0 Å². The Bertz CT molecular complexity index is 127. The summed E-state index contributed by atoms with van der Waals surface area (Å²) < 4.78 is 4.80. The second-order valence-corrected chi connectivity index (χ2v) is 2.89. The molecule has 0 aromatic rings. The Hall–Kier alpha value is -0.280. The minimum absolute atomic E-state index is 0.00673. The molecule has 3 nitrogen and oxygen atoms in total. The van der Waals surface area contributed by atoms with Gasteiger partial charge in [-0.05, 0) is 6.42 Å². The Morgan fingerprint density at radius 2 is 2.33 bits per heavy atom. The fraction of sp³-hybridized carbons (Fsp3) is 0.875. The molecule has 1 atom stereocenters. The van der Waals surface area contributed by atoms with Crippen LogP contribution in [0.4, 0.5) is 0 Å². The maximum atomic E-state index is 10.8. The van der Waals surface area contributed by atoms with Crippen molar-refractivity contribution in [2.24, 2.45) is 0 Å². The van der Waals surface area contributed by atoms with Gasteiger partial charge in [0.25, 0.3) is 0 Å². The molecule has 0 aromatic heterocycles. The number of hydrogen-bond donors (Lipinski definition) is 1. The zero-order valence-electron chi connectivity index (χ0n) is 7.25. The number of aliphatic hydroxyl groups excluding tert-OH is 1. The lowest BCUT2D eigenvalue weighted by molar-refractivity contribution is -0.145. The number of carbonyl (C=O) groups is 1. The van der Waals surface area contributed by atoms with E-state index in [1.54, 1.807) is 0 Å². The second-order valence-electron chi connectivity index (χ2n) is 2.59. The van der Waals surface area contributed by atoms with Gasteiger partial charge in [0.05, 0.1) is 19.1 Å². The van der Waals surface area contributed by atoms with E-state index < -0.39 is 6.10 Å². The molecule has 4 heteroatoms. The first-order valence-corrected chi connectivity index (χ1v) is 4.63. The third kappa shape index (κ3) is 6.43. The molecule has 0 saturated carbocycles. The second kappa shape index (κ2) is 7.37. The smallest absolute Gasteiger partial charge is 0.308 e. The van der Waals surface area contributed by atoms with Gasteiger partial charge in [-0.3, -0.25) is 4.79 Å². The Kier molecular flexibility index (Phi) is 7.20. The van der Waals surface area contributed by atoms with Crippen molar-refractivity contribution in [2.75, 3.05) is 12.5 Å². The summed E-state index contributed by atoms with van der Waals surface area (Å²) in [6.45, 7) is 2.45. The van der Waals surface area contributed by atoms with Crippen molar-refractivity contribution in [1.82, 2.24) is 0 Å². The van der Waals surface area contributed by atoms with Crippen LogP contribution in [0.3, 0.4) is 0 Å². The number of alkyl halides is 1. The molecule has 0 fully saturated rings. The minimum atomic E-state index is -0.777. The van der Waals surface area contributed by atoms with Crippen molar-refractivity contribution >= 4 is 17.6 Å². The van der Waals surface area contributed by atoms with Crippen LogP contribution in [0.1, 0.15) is 26.2 Å². The van der Waals surface area contributed by atoms with Gasteiger partial charge < -0.3 is 9.84 Å². The van der Waals surface area contributed by atoms with E-state index in [1.807, 2.05) is 6.92 Å². The summed E-state index contributed by atoms with van der Waals surface area (Å²) in [6, 6.07) is 0. The van der Waals surface area contributed by atoms with E-state index in [1.165, 1.54) is 0 Å². The predicted octanol–water partition coefficient (Wildman–Crippen LogP) is 1.32. The van der Waals surface area contributed by atoms with Crippen molar-refractivity contribution in [3.05, 3.63) is 0 Å². The number of rotatable bonds is 6. The first-order valence-electron chi connectivity index (χ1n) is 4.10. The molecular weight excluding hydrogens is 180 g/mol. The van der Waals surface area contributed by atoms with Gasteiger partial charge >= 0.3 is 5.97 Å². The molecule has 0 aliphatic carbocycles. The number of carbonyl (C=O) groups excluding carboxylic acids is 1. The number of esters is 1. The molecule has 0 aliphatic heterocycles. The zero-order chi connectivity index (χ0) is 9.40. The van der Waals surface area contributed by atoms with E-state index in [-0.39, 0.29) is 18.3 Å². The maximum absolute atomic E-state index is 10.8. The van der Waals surface area contributed by atoms with E-state index in [4.69, 9.17) is 21.4 Å². The average molecular weight is 195 g/mol. The molecule has 0 heterocycles. The normalized spacial score (nSPS) is 12.6. The Labute approximate surface area is 77.7 Å². The standard InChI is InChI=1S/C8H15ClO3/c1-2-3-4-12-8(11)5-7(10)6-9/h7,10H,2-6H2,1H3/t7-/m1/s1. The van der Waals surface area contributed by atoms with Crippen molar-refractivity contribution in [2.45, 2.75) is 32.3 Å². The molecule has 0 aromatic carbocycles. The van der Waals surface area contributed by atoms with Crippen LogP contribution in [0.25, 0.3) is 0 Å². The lowest BCUT2D eigenvalue weighted by Gasteiger charge is -2.06. The first kappa shape index (κ1) is 11.7. The molecule has 0 radical (unpaired) electrons. The highest BCUT2D eigenvalue weighted by Gasteiger charge is 2.09. The van der Waals surface area contributed by atoms with E-state index >= 15 is 0 Å². The van der Waals surface area contributed by atoms with E-state index in [0.29, 0.717) is 6.61 Å². The summed E-state index contributed by atoms with van der Waals surface area (Å²) in [6.07, 6.45) is 1.07. The summed E-state index contributed by atoms with van der Waals surface area (Å²) in [5.74, 6) is -0.306. The van der Waals surface area contributed by atoms with Crippen molar-refractivity contribution < 1.29 is 14.6 Å². The number of hydrogen-bond acceptors (Lipinski definition) is 3. The molecule has 0 aliphatic rings. The molecule has 0 rings (SSSR count). The van der Waals surface area contributed by atoms with Crippen LogP contribution in [0.15, 0.2) is 0 Å². The summed E-state index contributed by atoms with van der Waals surface area (Å²) >= 11 is 5.30. The van der Waals surface area contributed by atoms with Crippen LogP contribution in [0.5, 0.6) is 0 Å². The van der Waals surface area contributed by atoms with Gasteiger partial charge in [-0.1, -0.05) is 13.3 Å². The van der Waals surface area contributed by atoms with Crippen LogP contribution in [0, 0.1) is 0 Å². The quantitative estimate of drug-likeness (QED) is 0.394. The SMILES string of the molecule is CCCCOC(=O)C[C@@H](O)CCl. The summed E-state index contributed by atoms with van der Waals surface area (Å²) in [7, 11) is 0. The lowest BCUT2D eigenvalue weighted by atomic mass is 10.3. The largest absolute Gasteiger partial charge is 0.466 e. The molecule has 1 N–H and O–H groups in total. The highest BCUT2D eigenvalue weighted by molar-refractivity contribution is 6.18. The van der Waals surface area contributed by atoms with Crippen molar-refractivity contribution in [1.29, 1.82) is 0 Å².